The van der Waals surface area contributed by atoms with Crippen LogP contribution in [-0.2, 0) is 24.8 Å². The minimum absolute atomic E-state index is 0.0510. The average Bonchev–Trinajstić information content (AvgIpc) is 3.04. The summed E-state index contributed by atoms with van der Waals surface area (Å²) in [7, 11) is 1.67. The van der Waals surface area contributed by atoms with Crippen LogP contribution < -0.4 is 4.90 Å². The van der Waals surface area contributed by atoms with E-state index >= 15 is 0 Å². The Labute approximate surface area is 171 Å². The van der Waals surface area contributed by atoms with E-state index in [1.165, 1.54) is 9.58 Å². The van der Waals surface area contributed by atoms with Crippen LogP contribution in [0.3, 0.4) is 0 Å². The molecule has 0 amide bonds. The van der Waals surface area contributed by atoms with E-state index < -0.39 is 30.8 Å². The number of hydrogen-bond acceptors (Lipinski definition) is 6. The van der Waals surface area contributed by atoms with Crippen molar-refractivity contribution >= 4 is 11.7 Å². The van der Waals surface area contributed by atoms with Crippen molar-refractivity contribution in [2.75, 3.05) is 18.0 Å². The van der Waals surface area contributed by atoms with Gasteiger partial charge in [-0.3, -0.25) is 9.48 Å². The SMILES string of the molecule is CCc1nc(-c2nnn(C)c2CN=[N+]=[N-])ccc1N1CC(CC(=O)O)CC(F)(F)C1. The van der Waals surface area contributed by atoms with Crippen LogP contribution >= 0.6 is 0 Å². The highest BCUT2D eigenvalue weighted by Gasteiger charge is 2.41. The van der Waals surface area contributed by atoms with Crippen molar-refractivity contribution in [1.82, 2.24) is 20.0 Å². The lowest BCUT2D eigenvalue weighted by molar-refractivity contribution is -0.139. The Morgan fingerprint density at radius 2 is 2.23 bits per heavy atom. The third-order valence-corrected chi connectivity index (χ3v) is 5.05. The fourth-order valence-electron chi connectivity index (χ4n) is 3.80. The van der Waals surface area contributed by atoms with Gasteiger partial charge in [-0.15, -0.1) is 5.10 Å². The molecule has 12 heteroatoms. The minimum Gasteiger partial charge on any atom is -0.481 e. The molecule has 1 aliphatic heterocycles. The van der Waals surface area contributed by atoms with E-state index in [9.17, 15) is 13.6 Å². The molecule has 1 saturated heterocycles. The molecule has 10 nitrogen and oxygen atoms in total. The number of pyridine rings is 1. The van der Waals surface area contributed by atoms with Crippen molar-refractivity contribution in [1.29, 1.82) is 0 Å². The lowest BCUT2D eigenvalue weighted by Gasteiger charge is -2.39. The molecule has 0 bridgehead atoms. The summed E-state index contributed by atoms with van der Waals surface area (Å²) in [6.45, 7) is 1.66. The average molecular weight is 420 g/mol. The third-order valence-electron chi connectivity index (χ3n) is 5.05. The monoisotopic (exact) mass is 420 g/mol. The van der Waals surface area contributed by atoms with Crippen molar-refractivity contribution < 1.29 is 18.7 Å². The second-order valence-corrected chi connectivity index (χ2v) is 7.32. The Morgan fingerprint density at radius 1 is 1.47 bits per heavy atom. The van der Waals surface area contributed by atoms with Crippen molar-refractivity contribution in [3.8, 4) is 11.4 Å². The predicted molar refractivity (Wildman–Crippen MR) is 104 cm³/mol. The first kappa shape index (κ1) is 21.4. The molecule has 1 unspecified atom stereocenters. The van der Waals surface area contributed by atoms with Crippen LogP contribution in [0, 0.1) is 5.92 Å². The molecular formula is C18H22F2N8O2. The fourth-order valence-corrected chi connectivity index (χ4v) is 3.80. The summed E-state index contributed by atoms with van der Waals surface area (Å²) in [6.07, 6.45) is -0.257. The van der Waals surface area contributed by atoms with E-state index in [1.54, 1.807) is 19.2 Å². The van der Waals surface area contributed by atoms with Crippen LogP contribution in [0.25, 0.3) is 21.8 Å². The van der Waals surface area contributed by atoms with E-state index in [4.69, 9.17) is 10.6 Å². The van der Waals surface area contributed by atoms with E-state index in [-0.39, 0.29) is 19.5 Å². The first-order chi connectivity index (χ1) is 14.2. The van der Waals surface area contributed by atoms with Crippen molar-refractivity contribution in [3.05, 3.63) is 34.0 Å². The van der Waals surface area contributed by atoms with E-state index in [0.29, 0.717) is 34.9 Å². The van der Waals surface area contributed by atoms with Crippen LogP contribution in [0.4, 0.5) is 14.5 Å². The summed E-state index contributed by atoms with van der Waals surface area (Å²) < 4.78 is 30.1. The predicted octanol–water partition coefficient (Wildman–Crippen LogP) is 3.19. The largest absolute Gasteiger partial charge is 0.481 e. The molecule has 160 valence electrons. The number of carboxylic acids is 1. The molecule has 2 aromatic heterocycles. The smallest absolute Gasteiger partial charge is 0.303 e. The number of aromatic nitrogens is 4. The topological polar surface area (TPSA) is 133 Å². The highest BCUT2D eigenvalue weighted by atomic mass is 19.3. The number of alkyl halides is 2. The first-order valence-corrected chi connectivity index (χ1v) is 9.48. The molecule has 0 spiro atoms. The highest BCUT2D eigenvalue weighted by molar-refractivity contribution is 5.67. The molecule has 3 heterocycles. The number of aliphatic carboxylic acids is 1. The Bertz CT molecular complexity index is 987. The number of rotatable bonds is 7. The van der Waals surface area contributed by atoms with Crippen molar-refractivity contribution in [2.24, 2.45) is 18.1 Å². The standard InChI is InChI=1S/C18H22F2N8O2/c1-3-12-14(28-9-11(6-16(29)30)7-18(19,20)10-28)5-4-13(23-12)17-15(8-22-25-21)27(2)26-24-17/h4-5,11H,3,6-10H2,1-2H3,(H,29,30). The molecule has 1 atom stereocenters. The number of halogens is 2. The van der Waals surface area contributed by atoms with E-state index in [0.717, 1.165) is 0 Å². The Kier molecular flexibility index (Phi) is 6.16. The summed E-state index contributed by atoms with van der Waals surface area (Å²) in [4.78, 5) is 19.9. The molecule has 30 heavy (non-hydrogen) atoms. The van der Waals surface area contributed by atoms with Gasteiger partial charge in [-0.1, -0.05) is 17.3 Å². The van der Waals surface area contributed by atoms with Gasteiger partial charge in [0.1, 0.15) is 5.69 Å². The maximum Gasteiger partial charge on any atom is 0.303 e. The number of carbonyl (C=O) groups is 1. The van der Waals surface area contributed by atoms with Gasteiger partial charge in [-0.05, 0) is 30.0 Å². The van der Waals surface area contributed by atoms with Gasteiger partial charge in [-0.2, -0.15) is 0 Å². The number of carboxylic acid groups (broad SMARTS) is 1. The fraction of sp³-hybridized carbons (Fsp3) is 0.556. The van der Waals surface area contributed by atoms with Crippen LogP contribution in [0.1, 0.15) is 31.2 Å². The van der Waals surface area contributed by atoms with Gasteiger partial charge in [0.15, 0.2) is 0 Å². The molecule has 0 aliphatic carbocycles. The molecule has 1 aliphatic rings. The second kappa shape index (κ2) is 8.62. The van der Waals surface area contributed by atoms with Crippen molar-refractivity contribution in [3.63, 3.8) is 0 Å². The number of aryl methyl sites for hydroxylation is 2. The first-order valence-electron chi connectivity index (χ1n) is 9.48. The number of anilines is 1. The summed E-state index contributed by atoms with van der Waals surface area (Å²) in [6, 6.07) is 3.36. The van der Waals surface area contributed by atoms with Gasteiger partial charge in [0.2, 0.25) is 0 Å². The molecule has 0 radical (unpaired) electrons. The lowest BCUT2D eigenvalue weighted by atomic mass is 9.91. The Balaban J connectivity index is 1.95. The van der Waals surface area contributed by atoms with Gasteiger partial charge in [0.25, 0.3) is 5.92 Å². The van der Waals surface area contributed by atoms with Crippen molar-refractivity contribution in [2.45, 2.75) is 38.7 Å². The number of piperidine rings is 1. The second-order valence-electron chi connectivity index (χ2n) is 7.32. The number of azide groups is 1. The summed E-state index contributed by atoms with van der Waals surface area (Å²) in [5, 5.41) is 20.6. The zero-order valence-corrected chi connectivity index (χ0v) is 16.7. The van der Waals surface area contributed by atoms with Gasteiger partial charge in [-0.25, -0.2) is 13.8 Å². The molecule has 1 N–H and O–H groups in total. The quantitative estimate of drug-likeness (QED) is 0.415. The maximum absolute atomic E-state index is 14.3. The summed E-state index contributed by atoms with van der Waals surface area (Å²) in [5.41, 5.74) is 11.3. The molecule has 0 aromatic carbocycles. The Morgan fingerprint density at radius 3 is 2.90 bits per heavy atom. The van der Waals surface area contributed by atoms with E-state index in [1.807, 2.05) is 6.92 Å². The van der Waals surface area contributed by atoms with Crippen LogP contribution in [0.15, 0.2) is 17.2 Å². The van der Waals surface area contributed by atoms with Gasteiger partial charge >= 0.3 is 5.97 Å². The summed E-state index contributed by atoms with van der Waals surface area (Å²) >= 11 is 0. The molecule has 1 fully saturated rings. The van der Waals surface area contributed by atoms with Crippen LogP contribution in [0.2, 0.25) is 0 Å². The highest BCUT2D eigenvalue weighted by Crippen LogP contribution is 2.36. The van der Waals surface area contributed by atoms with E-state index in [2.05, 4.69) is 25.3 Å². The molecule has 3 rings (SSSR count). The molecule has 0 saturated carbocycles. The van der Waals surface area contributed by atoms with Gasteiger partial charge < -0.3 is 10.0 Å². The number of hydrogen-bond donors (Lipinski definition) is 1. The zero-order valence-electron chi connectivity index (χ0n) is 16.7. The normalized spacial score (nSPS) is 18.1. The Hall–Kier alpha value is -3.27. The summed E-state index contributed by atoms with van der Waals surface area (Å²) in [5.74, 6) is -4.71. The molecular weight excluding hydrogens is 398 g/mol. The van der Waals surface area contributed by atoms with Crippen LogP contribution in [0.5, 0.6) is 0 Å². The van der Waals surface area contributed by atoms with Crippen LogP contribution in [-0.4, -0.2) is 50.1 Å². The molecule has 2 aromatic rings. The lowest BCUT2D eigenvalue weighted by Crippen LogP contribution is -2.48. The number of nitrogens with zero attached hydrogens (tertiary/aromatic N) is 8. The van der Waals surface area contributed by atoms with Gasteiger partial charge in [0.05, 0.1) is 42.3 Å². The van der Waals surface area contributed by atoms with Gasteiger partial charge in [0, 0.05) is 24.9 Å². The zero-order chi connectivity index (χ0) is 21.9. The third kappa shape index (κ3) is 4.65. The minimum atomic E-state index is -2.98. The maximum atomic E-state index is 14.3.